The van der Waals surface area contributed by atoms with Crippen LogP contribution >= 0.6 is 0 Å². The number of benzene rings is 1. The molecule has 0 radical (unpaired) electrons. The molecule has 1 fully saturated rings. The maximum absolute atomic E-state index is 12.9. The molecule has 1 saturated heterocycles. The Morgan fingerprint density at radius 3 is 2.87 bits per heavy atom. The van der Waals surface area contributed by atoms with E-state index in [1.807, 2.05) is 17.0 Å². The largest absolute Gasteiger partial charge is 0.491 e. The lowest BCUT2D eigenvalue weighted by Gasteiger charge is -2.36. The molecule has 0 aliphatic carbocycles. The van der Waals surface area contributed by atoms with E-state index in [1.54, 1.807) is 0 Å². The van der Waals surface area contributed by atoms with Gasteiger partial charge < -0.3 is 14.4 Å². The third-order valence-corrected chi connectivity index (χ3v) is 4.61. The lowest BCUT2D eigenvalue weighted by Crippen LogP contribution is -2.52. The van der Waals surface area contributed by atoms with Crippen LogP contribution in [0.3, 0.4) is 0 Å². The number of fused-ring (bicyclic) bond motifs is 1. The molecule has 1 unspecified atom stereocenters. The first-order valence-electron chi connectivity index (χ1n) is 8.41. The number of ether oxygens (including phenoxy) is 2. The summed E-state index contributed by atoms with van der Waals surface area (Å²) in [5.41, 5.74) is 2.26. The number of carbonyl (C=O) groups excluding carboxylic acids is 1. The maximum Gasteiger partial charge on any atom is 0.253 e. The molecule has 3 rings (SSSR count). The van der Waals surface area contributed by atoms with Crippen molar-refractivity contribution in [1.29, 1.82) is 0 Å². The topological polar surface area (TPSA) is 42.0 Å². The normalized spacial score (nSPS) is 22.4. The van der Waals surface area contributed by atoms with Gasteiger partial charge in [0.25, 0.3) is 5.91 Å². The summed E-state index contributed by atoms with van der Waals surface area (Å²) in [4.78, 5) is 17.1. The minimum Gasteiger partial charge on any atom is -0.491 e. The Kier molecular flexibility index (Phi) is 4.87. The molecule has 0 spiro atoms. The summed E-state index contributed by atoms with van der Waals surface area (Å²) in [7, 11) is 0. The van der Waals surface area contributed by atoms with Crippen LogP contribution in [0.5, 0.6) is 5.75 Å². The molecule has 1 amide bonds. The molecule has 126 valence electrons. The number of aryl methyl sites for hydroxylation is 1. The molecule has 0 saturated carbocycles. The van der Waals surface area contributed by atoms with Crippen molar-refractivity contribution in [1.82, 2.24) is 9.80 Å². The summed E-state index contributed by atoms with van der Waals surface area (Å²) in [5.74, 6) is 0.965. The van der Waals surface area contributed by atoms with Gasteiger partial charge in [-0.1, -0.05) is 17.7 Å². The second-order valence-corrected chi connectivity index (χ2v) is 6.67. The Balaban J connectivity index is 1.72. The summed E-state index contributed by atoms with van der Waals surface area (Å²) in [6.07, 6.45) is -0.363. The van der Waals surface area contributed by atoms with Crippen molar-refractivity contribution in [3.63, 3.8) is 0 Å². The van der Waals surface area contributed by atoms with E-state index in [2.05, 4.69) is 31.7 Å². The van der Waals surface area contributed by atoms with Crippen molar-refractivity contribution in [2.45, 2.75) is 39.5 Å². The Hall–Kier alpha value is -1.59. The minimum atomic E-state index is -0.363. The number of hydrogen-bond acceptors (Lipinski definition) is 4. The highest BCUT2D eigenvalue weighted by Crippen LogP contribution is 2.25. The van der Waals surface area contributed by atoms with E-state index < -0.39 is 0 Å². The van der Waals surface area contributed by atoms with Gasteiger partial charge in [0.2, 0.25) is 0 Å². The highest BCUT2D eigenvalue weighted by Gasteiger charge is 2.32. The number of carbonyl (C=O) groups is 1. The SMILES string of the molecule is Cc1ccc2c(c1)CN(C(=O)C1CN(C(C)C)CCO1)CCO2. The van der Waals surface area contributed by atoms with Gasteiger partial charge in [0, 0.05) is 31.2 Å². The monoisotopic (exact) mass is 318 g/mol. The molecule has 0 aromatic heterocycles. The van der Waals surface area contributed by atoms with Crippen molar-refractivity contribution >= 4 is 5.91 Å². The van der Waals surface area contributed by atoms with Crippen LogP contribution in [-0.2, 0) is 16.1 Å². The van der Waals surface area contributed by atoms with E-state index in [-0.39, 0.29) is 12.0 Å². The Morgan fingerprint density at radius 2 is 2.09 bits per heavy atom. The zero-order chi connectivity index (χ0) is 16.4. The van der Waals surface area contributed by atoms with E-state index in [0.29, 0.717) is 38.9 Å². The van der Waals surface area contributed by atoms with Crippen LogP contribution in [0.15, 0.2) is 18.2 Å². The lowest BCUT2D eigenvalue weighted by molar-refractivity contribution is -0.151. The van der Waals surface area contributed by atoms with Gasteiger partial charge in [0.15, 0.2) is 0 Å². The van der Waals surface area contributed by atoms with Crippen LogP contribution in [-0.4, -0.2) is 60.7 Å². The Bertz CT molecular complexity index is 573. The number of morpholine rings is 1. The van der Waals surface area contributed by atoms with E-state index in [1.165, 1.54) is 5.56 Å². The predicted molar refractivity (Wildman–Crippen MR) is 88.5 cm³/mol. The van der Waals surface area contributed by atoms with Gasteiger partial charge in [-0.3, -0.25) is 9.69 Å². The Labute approximate surface area is 138 Å². The standard InChI is InChI=1S/C18H26N2O3/c1-13(2)19-6-8-23-17(12-19)18(21)20-7-9-22-16-5-4-14(3)10-15(16)11-20/h4-5,10,13,17H,6-9,11-12H2,1-3H3. The van der Waals surface area contributed by atoms with Gasteiger partial charge in [-0.2, -0.15) is 0 Å². The van der Waals surface area contributed by atoms with Crippen molar-refractivity contribution in [3.8, 4) is 5.75 Å². The van der Waals surface area contributed by atoms with Crippen molar-refractivity contribution in [3.05, 3.63) is 29.3 Å². The van der Waals surface area contributed by atoms with Gasteiger partial charge in [-0.25, -0.2) is 0 Å². The molecule has 0 N–H and O–H groups in total. The summed E-state index contributed by atoms with van der Waals surface area (Å²) in [6.45, 7) is 10.3. The zero-order valence-electron chi connectivity index (χ0n) is 14.2. The average Bonchev–Trinajstić information content (AvgIpc) is 2.76. The fourth-order valence-corrected chi connectivity index (χ4v) is 3.20. The van der Waals surface area contributed by atoms with Crippen LogP contribution in [0, 0.1) is 6.92 Å². The van der Waals surface area contributed by atoms with E-state index in [4.69, 9.17) is 9.47 Å². The molecule has 2 aliphatic rings. The first kappa shape index (κ1) is 16.3. The quantitative estimate of drug-likeness (QED) is 0.834. The highest BCUT2D eigenvalue weighted by atomic mass is 16.5. The molecule has 23 heavy (non-hydrogen) atoms. The molecule has 0 bridgehead atoms. The maximum atomic E-state index is 12.9. The van der Waals surface area contributed by atoms with Crippen LogP contribution in [0.4, 0.5) is 0 Å². The van der Waals surface area contributed by atoms with Crippen LogP contribution < -0.4 is 4.74 Å². The molecule has 1 aromatic rings. The van der Waals surface area contributed by atoms with Crippen LogP contribution in [0.2, 0.25) is 0 Å². The molecule has 5 heteroatoms. The third kappa shape index (κ3) is 3.67. The molecule has 5 nitrogen and oxygen atoms in total. The summed E-state index contributed by atoms with van der Waals surface area (Å²) < 4.78 is 11.5. The smallest absolute Gasteiger partial charge is 0.253 e. The van der Waals surface area contributed by atoms with Gasteiger partial charge in [0.05, 0.1) is 13.2 Å². The number of amides is 1. The van der Waals surface area contributed by atoms with Crippen molar-refractivity contribution in [2.24, 2.45) is 0 Å². The van der Waals surface area contributed by atoms with Crippen LogP contribution in [0.25, 0.3) is 0 Å². The number of nitrogens with zero attached hydrogens (tertiary/aromatic N) is 2. The second-order valence-electron chi connectivity index (χ2n) is 6.67. The second kappa shape index (κ2) is 6.89. The summed E-state index contributed by atoms with van der Waals surface area (Å²) in [6, 6.07) is 6.57. The first-order chi connectivity index (χ1) is 11.0. The van der Waals surface area contributed by atoms with E-state index >= 15 is 0 Å². The molecular weight excluding hydrogens is 292 g/mol. The number of hydrogen-bond donors (Lipinski definition) is 0. The summed E-state index contributed by atoms with van der Waals surface area (Å²) >= 11 is 0. The highest BCUT2D eigenvalue weighted by molar-refractivity contribution is 5.81. The predicted octanol–water partition coefficient (Wildman–Crippen LogP) is 1.83. The molecule has 2 aliphatic heterocycles. The van der Waals surface area contributed by atoms with Gasteiger partial charge in [-0.05, 0) is 26.8 Å². The lowest BCUT2D eigenvalue weighted by atomic mass is 10.1. The molecule has 1 aromatic carbocycles. The third-order valence-electron chi connectivity index (χ3n) is 4.61. The minimum absolute atomic E-state index is 0.0771. The van der Waals surface area contributed by atoms with Crippen LogP contribution in [0.1, 0.15) is 25.0 Å². The van der Waals surface area contributed by atoms with Gasteiger partial charge in [0.1, 0.15) is 18.5 Å². The van der Waals surface area contributed by atoms with Crippen molar-refractivity contribution in [2.75, 3.05) is 32.8 Å². The molecule has 1 atom stereocenters. The number of rotatable bonds is 2. The van der Waals surface area contributed by atoms with Gasteiger partial charge in [-0.15, -0.1) is 0 Å². The molecule has 2 heterocycles. The summed E-state index contributed by atoms with van der Waals surface area (Å²) in [5, 5.41) is 0. The fraction of sp³-hybridized carbons (Fsp3) is 0.611. The average molecular weight is 318 g/mol. The van der Waals surface area contributed by atoms with Crippen molar-refractivity contribution < 1.29 is 14.3 Å². The van der Waals surface area contributed by atoms with Gasteiger partial charge >= 0.3 is 0 Å². The van der Waals surface area contributed by atoms with E-state index in [0.717, 1.165) is 17.9 Å². The van der Waals surface area contributed by atoms with E-state index in [9.17, 15) is 4.79 Å². The first-order valence-corrected chi connectivity index (χ1v) is 8.41. The fourth-order valence-electron chi connectivity index (χ4n) is 3.20. The Morgan fingerprint density at radius 1 is 1.26 bits per heavy atom. The molecular formula is C18H26N2O3. The zero-order valence-corrected chi connectivity index (χ0v) is 14.2.